The summed E-state index contributed by atoms with van der Waals surface area (Å²) in [4.78, 5) is 40.8. The van der Waals surface area contributed by atoms with E-state index >= 15 is 0 Å². The van der Waals surface area contributed by atoms with Gasteiger partial charge in [0.15, 0.2) is 0 Å². The monoisotopic (exact) mass is 610 g/mol. The normalized spacial score (nSPS) is 18.7. The SMILES string of the molecule is CC1=C(C(=O)OC(C)C)C(c2cccc([N+](=O)[O-])c2)C(C(=O)OCC2CCCN2C(c2ccccc2)c2ccccc2)=C(N)N1. The number of esters is 2. The molecule has 2 heterocycles. The highest BCUT2D eigenvalue weighted by atomic mass is 16.6. The van der Waals surface area contributed by atoms with E-state index in [9.17, 15) is 19.7 Å². The molecule has 0 aromatic heterocycles. The number of nitrogens with zero attached hydrogens (tertiary/aromatic N) is 2. The third kappa shape index (κ3) is 6.91. The predicted octanol–water partition coefficient (Wildman–Crippen LogP) is 5.47. The molecule has 2 aliphatic heterocycles. The number of likely N-dealkylation sites (tertiary alicyclic amines) is 1. The molecule has 5 rings (SSSR count). The Labute approximate surface area is 262 Å². The summed E-state index contributed by atoms with van der Waals surface area (Å²) < 4.78 is 11.5. The van der Waals surface area contributed by atoms with Crippen molar-refractivity contribution in [2.24, 2.45) is 5.73 Å². The molecule has 0 bridgehead atoms. The minimum Gasteiger partial charge on any atom is -0.461 e. The Kier molecular flexibility index (Phi) is 9.63. The first-order chi connectivity index (χ1) is 21.7. The van der Waals surface area contributed by atoms with Crippen LogP contribution >= 0.6 is 0 Å². The van der Waals surface area contributed by atoms with Crippen molar-refractivity contribution in [2.45, 2.75) is 57.7 Å². The molecule has 10 nitrogen and oxygen atoms in total. The van der Waals surface area contributed by atoms with Gasteiger partial charge in [0, 0.05) is 23.9 Å². The molecule has 3 N–H and O–H groups in total. The van der Waals surface area contributed by atoms with Gasteiger partial charge in [0.25, 0.3) is 5.69 Å². The topological polar surface area (TPSA) is 137 Å². The molecule has 0 spiro atoms. The van der Waals surface area contributed by atoms with Crippen molar-refractivity contribution in [3.05, 3.63) is 134 Å². The van der Waals surface area contributed by atoms with Crippen LogP contribution in [0.3, 0.4) is 0 Å². The number of hydrogen-bond donors (Lipinski definition) is 2. The molecule has 2 aliphatic rings. The van der Waals surface area contributed by atoms with E-state index in [1.165, 1.54) is 18.2 Å². The summed E-state index contributed by atoms with van der Waals surface area (Å²) in [5, 5.41) is 14.6. The summed E-state index contributed by atoms with van der Waals surface area (Å²) in [5.74, 6) is -2.38. The Hall–Kier alpha value is -4.96. The van der Waals surface area contributed by atoms with Crippen LogP contribution in [0.1, 0.15) is 62.3 Å². The number of benzene rings is 3. The molecule has 1 fully saturated rings. The number of non-ortho nitro benzene ring substituents is 1. The van der Waals surface area contributed by atoms with Crippen LogP contribution in [0.5, 0.6) is 0 Å². The Balaban J connectivity index is 1.45. The zero-order valence-electron chi connectivity index (χ0n) is 25.6. The molecule has 0 amide bonds. The van der Waals surface area contributed by atoms with Crippen LogP contribution in [0, 0.1) is 10.1 Å². The summed E-state index contributed by atoms with van der Waals surface area (Å²) in [6, 6.07) is 26.2. The number of carbonyl (C=O) groups excluding carboxylic acids is 2. The highest BCUT2D eigenvalue weighted by Crippen LogP contribution is 2.40. The molecule has 3 aromatic rings. The number of nitrogens with two attached hydrogens (primary N) is 1. The van der Waals surface area contributed by atoms with Crippen LogP contribution in [0.25, 0.3) is 0 Å². The van der Waals surface area contributed by atoms with Crippen LogP contribution in [-0.4, -0.2) is 47.1 Å². The van der Waals surface area contributed by atoms with Gasteiger partial charge < -0.3 is 20.5 Å². The first kappa shape index (κ1) is 31.5. The Bertz CT molecular complexity index is 1580. The molecule has 10 heteroatoms. The number of dihydropyridines is 1. The van der Waals surface area contributed by atoms with Crippen LogP contribution < -0.4 is 11.1 Å². The van der Waals surface area contributed by atoms with E-state index in [2.05, 4.69) is 34.5 Å². The van der Waals surface area contributed by atoms with E-state index in [1.54, 1.807) is 26.8 Å². The first-order valence-electron chi connectivity index (χ1n) is 15.1. The van der Waals surface area contributed by atoms with Gasteiger partial charge >= 0.3 is 11.9 Å². The lowest BCUT2D eigenvalue weighted by Crippen LogP contribution is -2.39. The minimum absolute atomic E-state index is 0.00372. The lowest BCUT2D eigenvalue weighted by Gasteiger charge is -2.34. The average Bonchev–Trinajstić information content (AvgIpc) is 3.48. The third-order valence-corrected chi connectivity index (χ3v) is 8.18. The van der Waals surface area contributed by atoms with Gasteiger partial charge in [0.2, 0.25) is 0 Å². The molecule has 2 unspecified atom stereocenters. The van der Waals surface area contributed by atoms with E-state index in [1.807, 2.05) is 36.4 Å². The first-order valence-corrected chi connectivity index (χ1v) is 15.1. The van der Waals surface area contributed by atoms with E-state index in [0.717, 1.165) is 30.5 Å². The largest absolute Gasteiger partial charge is 0.461 e. The number of hydrogen-bond acceptors (Lipinski definition) is 9. The average molecular weight is 611 g/mol. The molecule has 0 radical (unpaired) electrons. The van der Waals surface area contributed by atoms with Crippen molar-refractivity contribution in [1.29, 1.82) is 0 Å². The smallest absolute Gasteiger partial charge is 0.338 e. The maximum atomic E-state index is 14.0. The van der Waals surface area contributed by atoms with Gasteiger partial charge in [-0.25, -0.2) is 9.59 Å². The second-order valence-electron chi connectivity index (χ2n) is 11.6. The molecule has 45 heavy (non-hydrogen) atoms. The summed E-state index contributed by atoms with van der Waals surface area (Å²) >= 11 is 0. The Morgan fingerprint density at radius 1 is 0.978 bits per heavy atom. The lowest BCUT2D eigenvalue weighted by molar-refractivity contribution is -0.384. The van der Waals surface area contributed by atoms with Crippen LogP contribution in [0.15, 0.2) is 108 Å². The van der Waals surface area contributed by atoms with Gasteiger partial charge in [0.05, 0.1) is 34.1 Å². The number of nitro groups is 1. The number of nitrogens with one attached hydrogen (secondary N) is 1. The molecule has 0 saturated carbocycles. The number of carbonyl (C=O) groups is 2. The predicted molar refractivity (Wildman–Crippen MR) is 170 cm³/mol. The fraction of sp³-hybridized carbons (Fsp3) is 0.314. The summed E-state index contributed by atoms with van der Waals surface area (Å²) in [6.07, 6.45) is 1.33. The maximum Gasteiger partial charge on any atom is 0.338 e. The molecular formula is C35H38N4O6. The van der Waals surface area contributed by atoms with Gasteiger partial charge in [0.1, 0.15) is 12.4 Å². The standard InChI is InChI=1S/C35H38N4O6/c1-22(2)45-35(41)29-23(3)37-33(36)31(30(29)26-16-10-17-27(20-26)39(42)43)34(40)44-21-28-18-11-19-38(28)32(24-12-6-4-7-13-24)25-14-8-5-9-15-25/h4-10,12-17,20,22,28,30,32,37H,11,18-19,21,36H2,1-3H3. The van der Waals surface area contributed by atoms with Gasteiger partial charge in [-0.15, -0.1) is 0 Å². The Morgan fingerprint density at radius 2 is 1.62 bits per heavy atom. The molecule has 3 aromatic carbocycles. The molecule has 2 atom stereocenters. The number of rotatable bonds is 10. The second kappa shape index (κ2) is 13.8. The molecule has 234 valence electrons. The van der Waals surface area contributed by atoms with Crippen LogP contribution in [-0.2, 0) is 19.1 Å². The highest BCUT2D eigenvalue weighted by molar-refractivity contribution is 6.00. The van der Waals surface area contributed by atoms with Gasteiger partial charge in [-0.3, -0.25) is 15.0 Å². The third-order valence-electron chi connectivity index (χ3n) is 8.18. The molecule has 0 aliphatic carbocycles. The quantitative estimate of drug-likeness (QED) is 0.174. The van der Waals surface area contributed by atoms with E-state index in [-0.39, 0.29) is 41.3 Å². The van der Waals surface area contributed by atoms with Crippen LogP contribution in [0.4, 0.5) is 5.69 Å². The van der Waals surface area contributed by atoms with Crippen LogP contribution in [0.2, 0.25) is 0 Å². The van der Waals surface area contributed by atoms with E-state index in [0.29, 0.717) is 11.3 Å². The number of nitro benzene ring substituents is 1. The molecular weight excluding hydrogens is 572 g/mol. The summed E-state index contributed by atoms with van der Waals surface area (Å²) in [7, 11) is 0. The summed E-state index contributed by atoms with van der Waals surface area (Å²) in [5.41, 5.74) is 9.40. The highest BCUT2D eigenvalue weighted by Gasteiger charge is 2.40. The van der Waals surface area contributed by atoms with Gasteiger partial charge in [-0.05, 0) is 56.8 Å². The minimum atomic E-state index is -1.04. The van der Waals surface area contributed by atoms with Crippen molar-refractivity contribution in [2.75, 3.05) is 13.2 Å². The van der Waals surface area contributed by atoms with Gasteiger partial charge in [-0.2, -0.15) is 0 Å². The zero-order valence-corrected chi connectivity index (χ0v) is 25.6. The molecule has 1 saturated heterocycles. The van der Waals surface area contributed by atoms with Crippen molar-refractivity contribution >= 4 is 17.6 Å². The fourth-order valence-corrected chi connectivity index (χ4v) is 6.25. The van der Waals surface area contributed by atoms with Crippen molar-refractivity contribution in [3.8, 4) is 0 Å². The Morgan fingerprint density at radius 3 is 2.22 bits per heavy atom. The second-order valence-corrected chi connectivity index (χ2v) is 11.6. The fourth-order valence-electron chi connectivity index (χ4n) is 6.25. The van der Waals surface area contributed by atoms with Crippen molar-refractivity contribution < 1.29 is 24.0 Å². The maximum absolute atomic E-state index is 14.0. The van der Waals surface area contributed by atoms with Crippen molar-refractivity contribution in [1.82, 2.24) is 10.2 Å². The van der Waals surface area contributed by atoms with E-state index in [4.69, 9.17) is 15.2 Å². The number of ether oxygens (including phenoxy) is 2. The van der Waals surface area contributed by atoms with Gasteiger partial charge in [-0.1, -0.05) is 72.8 Å². The lowest BCUT2D eigenvalue weighted by atomic mass is 9.81. The van der Waals surface area contributed by atoms with E-state index < -0.39 is 28.9 Å². The zero-order chi connectivity index (χ0) is 32.1. The summed E-state index contributed by atoms with van der Waals surface area (Å²) in [6.45, 7) is 6.02. The van der Waals surface area contributed by atoms with Crippen molar-refractivity contribution in [3.63, 3.8) is 0 Å². The number of allylic oxidation sites excluding steroid dienone is 1.